The lowest BCUT2D eigenvalue weighted by molar-refractivity contribution is -0.140. The molecule has 1 aliphatic carbocycles. The lowest BCUT2D eigenvalue weighted by atomic mass is 9.97. The number of aromatic nitrogens is 5. The maximum Gasteiger partial charge on any atom is 0.433 e. The highest BCUT2D eigenvalue weighted by atomic mass is 19.4. The highest BCUT2D eigenvalue weighted by Crippen LogP contribution is 2.38. The van der Waals surface area contributed by atoms with Crippen molar-refractivity contribution in [2.75, 3.05) is 11.9 Å². The van der Waals surface area contributed by atoms with Gasteiger partial charge in [0.15, 0.2) is 0 Å². The summed E-state index contributed by atoms with van der Waals surface area (Å²) in [5.41, 5.74) is 8.22. The molecule has 0 spiro atoms. The number of halogens is 3. The molecule has 0 aliphatic heterocycles. The van der Waals surface area contributed by atoms with Gasteiger partial charge < -0.3 is 15.6 Å². The molecule has 11 heteroatoms. The lowest BCUT2D eigenvalue weighted by Crippen LogP contribution is -2.15. The quantitative estimate of drug-likeness (QED) is 0.292. The number of hydrogen-bond acceptors (Lipinski definition) is 5. The number of carbonyl (C=O) groups is 1. The molecule has 3 N–H and O–H groups in total. The second-order valence-corrected chi connectivity index (χ2v) is 9.74. The first-order valence-corrected chi connectivity index (χ1v) is 12.4. The molecule has 1 amide bonds. The van der Waals surface area contributed by atoms with Crippen molar-refractivity contribution in [3.8, 4) is 28.1 Å². The Balaban J connectivity index is 1.51. The van der Waals surface area contributed by atoms with E-state index >= 15 is 0 Å². The van der Waals surface area contributed by atoms with Crippen molar-refractivity contribution >= 4 is 22.5 Å². The number of nitrogens with zero attached hydrogens (tertiary/aromatic N) is 5. The van der Waals surface area contributed by atoms with Gasteiger partial charge in [-0.2, -0.15) is 18.3 Å². The number of alkyl halides is 3. The number of fused-ring (bicyclic) bond motifs is 1. The highest BCUT2D eigenvalue weighted by Gasteiger charge is 2.34. The van der Waals surface area contributed by atoms with E-state index in [1.54, 1.807) is 77.6 Å². The van der Waals surface area contributed by atoms with Gasteiger partial charge in [0.1, 0.15) is 5.69 Å². The van der Waals surface area contributed by atoms with Crippen molar-refractivity contribution in [2.45, 2.75) is 19.0 Å². The number of hydrogen-bond donors (Lipinski definition) is 2. The Bertz CT molecular complexity index is 1720. The van der Waals surface area contributed by atoms with Crippen LogP contribution in [0.1, 0.15) is 28.9 Å². The molecule has 3 aromatic heterocycles. The predicted molar refractivity (Wildman–Crippen MR) is 141 cm³/mol. The minimum atomic E-state index is -4.67. The molecule has 1 aliphatic rings. The van der Waals surface area contributed by atoms with E-state index in [2.05, 4.69) is 20.4 Å². The Kier molecular flexibility index (Phi) is 5.86. The number of aryl methyl sites for hydroxylation is 1. The normalized spacial score (nSPS) is 13.6. The van der Waals surface area contributed by atoms with Gasteiger partial charge in [-0.15, -0.1) is 0 Å². The van der Waals surface area contributed by atoms with Crippen LogP contribution in [0.5, 0.6) is 0 Å². The number of pyridine rings is 1. The lowest BCUT2D eigenvalue weighted by Gasteiger charge is -2.16. The van der Waals surface area contributed by atoms with Gasteiger partial charge in [-0.05, 0) is 54.2 Å². The van der Waals surface area contributed by atoms with Crippen molar-refractivity contribution in [3.63, 3.8) is 0 Å². The second-order valence-electron chi connectivity index (χ2n) is 9.74. The van der Waals surface area contributed by atoms with Crippen LogP contribution in [0.25, 0.3) is 39.0 Å². The highest BCUT2D eigenvalue weighted by molar-refractivity contribution is 6.02. The molecule has 3 heterocycles. The first-order valence-electron chi connectivity index (χ1n) is 12.4. The summed E-state index contributed by atoms with van der Waals surface area (Å²) in [5.74, 6) is -0.0931. The van der Waals surface area contributed by atoms with Crippen LogP contribution >= 0.6 is 0 Å². The number of primary amides is 1. The van der Waals surface area contributed by atoms with E-state index in [0.717, 1.165) is 24.5 Å². The molecule has 0 unspecified atom stereocenters. The van der Waals surface area contributed by atoms with Crippen molar-refractivity contribution < 1.29 is 18.0 Å². The third-order valence-corrected chi connectivity index (χ3v) is 6.84. The molecule has 0 saturated heterocycles. The number of nitrogens with one attached hydrogen (secondary N) is 1. The zero-order valence-electron chi connectivity index (χ0n) is 20.9. The van der Waals surface area contributed by atoms with Gasteiger partial charge >= 0.3 is 6.18 Å². The predicted octanol–water partition coefficient (Wildman–Crippen LogP) is 5.43. The molecule has 198 valence electrons. The molecular weight excluding hydrogens is 507 g/mol. The summed E-state index contributed by atoms with van der Waals surface area (Å²) in [6.07, 6.45) is 4.27. The summed E-state index contributed by atoms with van der Waals surface area (Å²) < 4.78 is 45.5. The summed E-state index contributed by atoms with van der Waals surface area (Å²) in [4.78, 5) is 20.5. The van der Waals surface area contributed by atoms with Crippen LogP contribution in [0.2, 0.25) is 0 Å². The van der Waals surface area contributed by atoms with E-state index in [4.69, 9.17) is 5.73 Å². The Hall–Kier alpha value is -4.67. The van der Waals surface area contributed by atoms with Gasteiger partial charge in [-0.25, -0.2) is 9.97 Å². The molecule has 1 fully saturated rings. The maximum atomic E-state index is 14.1. The largest absolute Gasteiger partial charge is 0.433 e. The fraction of sp³-hybridized carbons (Fsp3) is 0.214. The molecule has 0 radical (unpaired) electrons. The first-order chi connectivity index (χ1) is 18.7. The number of nitrogens with two attached hydrogens (primary N) is 1. The second kappa shape index (κ2) is 9.26. The molecular formula is C28H24F3N7O. The Morgan fingerprint density at radius 2 is 1.95 bits per heavy atom. The van der Waals surface area contributed by atoms with Crippen LogP contribution < -0.4 is 11.1 Å². The summed E-state index contributed by atoms with van der Waals surface area (Å²) in [7, 11) is 1.79. The number of amides is 1. The number of imidazole rings is 1. The standard InChI is InChI=1S/C28H24F3N7O/c1-37-13-18(12-35-37)23-14-38(15-34-23)24-4-2-3-19-21(10-25(28(29,30)31)36-26(19)24)17-7-8-20(27(32)39)22(9-17)33-11-16-5-6-16/h2-4,7-10,12-16,33H,5-6,11H2,1H3,(H2,32,39). The van der Waals surface area contributed by atoms with Crippen molar-refractivity contribution in [3.05, 3.63) is 78.6 Å². The molecule has 6 rings (SSSR count). The van der Waals surface area contributed by atoms with Gasteiger partial charge in [-0.3, -0.25) is 9.48 Å². The van der Waals surface area contributed by atoms with E-state index in [1.165, 1.54) is 0 Å². The van der Waals surface area contributed by atoms with E-state index in [1.807, 2.05) is 0 Å². The smallest absolute Gasteiger partial charge is 0.384 e. The Labute approximate surface area is 221 Å². The van der Waals surface area contributed by atoms with E-state index in [0.29, 0.717) is 46.0 Å². The molecule has 39 heavy (non-hydrogen) atoms. The molecule has 0 atom stereocenters. The first kappa shape index (κ1) is 24.7. The van der Waals surface area contributed by atoms with Crippen molar-refractivity contribution in [1.29, 1.82) is 0 Å². The van der Waals surface area contributed by atoms with Crippen LogP contribution in [-0.4, -0.2) is 36.8 Å². The van der Waals surface area contributed by atoms with Crippen LogP contribution in [0, 0.1) is 5.92 Å². The Morgan fingerprint density at radius 3 is 2.64 bits per heavy atom. The third-order valence-electron chi connectivity index (χ3n) is 6.84. The molecule has 1 saturated carbocycles. The number of para-hydroxylation sites is 1. The van der Waals surface area contributed by atoms with Gasteiger partial charge in [0, 0.05) is 42.6 Å². The Morgan fingerprint density at radius 1 is 1.13 bits per heavy atom. The fourth-order valence-electron chi connectivity index (χ4n) is 4.63. The maximum absolute atomic E-state index is 14.1. The summed E-state index contributed by atoms with van der Waals surface area (Å²) in [5, 5.41) is 7.94. The van der Waals surface area contributed by atoms with Crippen LogP contribution in [-0.2, 0) is 13.2 Å². The number of benzene rings is 2. The van der Waals surface area contributed by atoms with E-state index < -0.39 is 17.8 Å². The SMILES string of the molecule is Cn1cc(-c2cn(-c3cccc4c(-c5ccc(C(N)=O)c(NCC6CC6)c5)cc(C(F)(F)F)nc34)cn2)cn1. The van der Waals surface area contributed by atoms with Gasteiger partial charge in [0.2, 0.25) is 0 Å². The van der Waals surface area contributed by atoms with Crippen LogP contribution in [0.3, 0.4) is 0 Å². The molecule has 2 aromatic carbocycles. The topological polar surface area (TPSA) is 104 Å². The van der Waals surface area contributed by atoms with Crippen LogP contribution in [0.15, 0.2) is 67.4 Å². The van der Waals surface area contributed by atoms with E-state index in [-0.39, 0.29) is 11.1 Å². The summed E-state index contributed by atoms with van der Waals surface area (Å²) >= 11 is 0. The minimum Gasteiger partial charge on any atom is -0.384 e. The van der Waals surface area contributed by atoms with Crippen molar-refractivity contribution in [1.82, 2.24) is 24.3 Å². The monoisotopic (exact) mass is 531 g/mol. The third kappa shape index (κ3) is 4.83. The van der Waals surface area contributed by atoms with E-state index in [9.17, 15) is 18.0 Å². The van der Waals surface area contributed by atoms with Crippen molar-refractivity contribution in [2.24, 2.45) is 18.7 Å². The average Bonchev–Trinajstić information content (AvgIpc) is 3.42. The zero-order valence-corrected chi connectivity index (χ0v) is 20.9. The number of anilines is 1. The molecule has 5 aromatic rings. The summed E-state index contributed by atoms with van der Waals surface area (Å²) in [6, 6.07) is 11.1. The minimum absolute atomic E-state index is 0.170. The summed E-state index contributed by atoms with van der Waals surface area (Å²) in [6.45, 7) is 0.665. The van der Waals surface area contributed by atoms with Gasteiger partial charge in [0.05, 0.1) is 35.0 Å². The number of rotatable bonds is 7. The number of carbonyl (C=O) groups excluding carboxylic acids is 1. The molecule has 8 nitrogen and oxygen atoms in total. The zero-order chi connectivity index (χ0) is 27.3. The molecule has 0 bridgehead atoms. The van der Waals surface area contributed by atoms with Crippen LogP contribution in [0.4, 0.5) is 18.9 Å². The van der Waals surface area contributed by atoms with Gasteiger partial charge in [-0.1, -0.05) is 18.2 Å². The average molecular weight is 532 g/mol. The fourth-order valence-corrected chi connectivity index (χ4v) is 4.63. The van der Waals surface area contributed by atoms with Gasteiger partial charge in [0.25, 0.3) is 5.91 Å².